The number of thioether (sulfide) groups is 1. The van der Waals surface area contributed by atoms with Crippen LogP contribution in [0.25, 0.3) is 0 Å². The molecule has 1 N–H and O–H groups in total. The van der Waals surface area contributed by atoms with E-state index in [0.717, 1.165) is 22.7 Å². The van der Waals surface area contributed by atoms with Crippen molar-refractivity contribution in [3.8, 4) is 5.75 Å². The lowest BCUT2D eigenvalue weighted by Crippen LogP contribution is -2.24. The summed E-state index contributed by atoms with van der Waals surface area (Å²) in [6, 6.07) is 17.7. The van der Waals surface area contributed by atoms with Gasteiger partial charge in [0.1, 0.15) is 11.6 Å². The molecule has 1 heterocycles. The number of rotatable bonds is 10. The summed E-state index contributed by atoms with van der Waals surface area (Å²) in [5, 5.41) is 12.2. The minimum absolute atomic E-state index is 0.0382. The number of allylic oxidation sites excluding steroid dienone is 1. The number of nitrogens with zero attached hydrogens (tertiary/aromatic N) is 3. The van der Waals surface area contributed by atoms with Gasteiger partial charge in [0.05, 0.1) is 12.9 Å². The van der Waals surface area contributed by atoms with Gasteiger partial charge in [-0.05, 0) is 23.3 Å². The second-order valence-corrected chi connectivity index (χ2v) is 7.32. The second-order valence-electron chi connectivity index (χ2n) is 6.37. The molecule has 3 aromatic rings. The van der Waals surface area contributed by atoms with Gasteiger partial charge >= 0.3 is 0 Å². The fourth-order valence-electron chi connectivity index (χ4n) is 2.77. The normalized spacial score (nSPS) is 10.5. The summed E-state index contributed by atoms with van der Waals surface area (Å²) in [7, 11) is 1.65. The van der Waals surface area contributed by atoms with Crippen LogP contribution in [-0.4, -0.2) is 33.5 Å². The Balaban J connectivity index is 1.60. The SMILES string of the molecule is C=CCn1c(Cc2ccc(OC)cc2)nnc1SCC(=O)NCc1ccccc1. The number of hydrogen-bond donors (Lipinski definition) is 1. The molecule has 0 aliphatic heterocycles. The first-order valence-electron chi connectivity index (χ1n) is 9.29. The summed E-state index contributed by atoms with van der Waals surface area (Å²) in [6.45, 7) is 4.93. The van der Waals surface area contributed by atoms with E-state index < -0.39 is 0 Å². The number of ether oxygens (including phenoxy) is 1. The van der Waals surface area contributed by atoms with Crippen molar-refractivity contribution >= 4 is 17.7 Å². The van der Waals surface area contributed by atoms with Crippen LogP contribution in [0.4, 0.5) is 0 Å². The van der Waals surface area contributed by atoms with Gasteiger partial charge in [0.2, 0.25) is 5.91 Å². The minimum atomic E-state index is -0.0382. The number of nitrogens with one attached hydrogen (secondary N) is 1. The minimum Gasteiger partial charge on any atom is -0.497 e. The Labute approximate surface area is 175 Å². The Morgan fingerprint density at radius 3 is 2.59 bits per heavy atom. The molecule has 1 aromatic heterocycles. The van der Waals surface area contributed by atoms with Gasteiger partial charge in [0, 0.05) is 19.5 Å². The summed E-state index contributed by atoms with van der Waals surface area (Å²) in [5.74, 6) is 1.90. The van der Waals surface area contributed by atoms with Crippen LogP contribution in [0.1, 0.15) is 17.0 Å². The molecular weight excluding hydrogens is 384 g/mol. The van der Waals surface area contributed by atoms with Crippen molar-refractivity contribution in [1.82, 2.24) is 20.1 Å². The molecule has 7 heteroatoms. The largest absolute Gasteiger partial charge is 0.497 e. The number of hydrogen-bond acceptors (Lipinski definition) is 5. The smallest absolute Gasteiger partial charge is 0.230 e. The van der Waals surface area contributed by atoms with Gasteiger partial charge in [-0.25, -0.2) is 0 Å². The van der Waals surface area contributed by atoms with Crippen molar-refractivity contribution in [3.63, 3.8) is 0 Å². The molecule has 3 rings (SSSR count). The zero-order valence-electron chi connectivity index (χ0n) is 16.4. The van der Waals surface area contributed by atoms with Gasteiger partial charge < -0.3 is 14.6 Å². The molecule has 0 fully saturated rings. The van der Waals surface area contributed by atoms with Gasteiger partial charge in [-0.3, -0.25) is 4.79 Å². The van der Waals surface area contributed by atoms with E-state index in [4.69, 9.17) is 4.74 Å². The first-order valence-corrected chi connectivity index (χ1v) is 10.3. The van der Waals surface area contributed by atoms with Gasteiger partial charge in [-0.2, -0.15) is 0 Å². The maximum atomic E-state index is 12.2. The molecule has 150 valence electrons. The molecule has 0 unspecified atom stereocenters. The number of aromatic nitrogens is 3. The van der Waals surface area contributed by atoms with Crippen LogP contribution in [0, 0.1) is 0 Å². The van der Waals surface area contributed by atoms with Crippen LogP contribution < -0.4 is 10.1 Å². The molecule has 0 bridgehead atoms. The van der Waals surface area contributed by atoms with Crippen molar-refractivity contribution in [2.75, 3.05) is 12.9 Å². The predicted molar refractivity (Wildman–Crippen MR) is 115 cm³/mol. The molecule has 2 aromatic carbocycles. The Morgan fingerprint density at radius 1 is 1.14 bits per heavy atom. The first-order chi connectivity index (χ1) is 14.2. The van der Waals surface area contributed by atoms with Crippen LogP contribution >= 0.6 is 11.8 Å². The average Bonchev–Trinajstić information content (AvgIpc) is 3.13. The van der Waals surface area contributed by atoms with Crippen molar-refractivity contribution in [2.24, 2.45) is 0 Å². The topological polar surface area (TPSA) is 69.0 Å². The van der Waals surface area contributed by atoms with Crippen LogP contribution in [0.15, 0.2) is 72.4 Å². The molecule has 0 saturated carbocycles. The summed E-state index contributed by atoms with van der Waals surface area (Å²) in [5.41, 5.74) is 2.18. The number of benzene rings is 2. The molecule has 0 radical (unpaired) electrons. The van der Waals surface area contributed by atoms with E-state index in [9.17, 15) is 4.79 Å². The summed E-state index contributed by atoms with van der Waals surface area (Å²) in [6.07, 6.45) is 2.45. The lowest BCUT2D eigenvalue weighted by Gasteiger charge is -2.09. The third kappa shape index (κ3) is 5.96. The van der Waals surface area contributed by atoms with Crippen LogP contribution in [-0.2, 0) is 24.3 Å². The molecule has 0 atom stereocenters. The first kappa shape index (κ1) is 20.7. The van der Waals surface area contributed by atoms with Crippen LogP contribution in [0.2, 0.25) is 0 Å². The van der Waals surface area contributed by atoms with E-state index in [0.29, 0.717) is 24.7 Å². The van der Waals surface area contributed by atoms with Crippen molar-refractivity contribution < 1.29 is 9.53 Å². The van der Waals surface area contributed by atoms with Crippen molar-refractivity contribution in [1.29, 1.82) is 0 Å². The molecule has 29 heavy (non-hydrogen) atoms. The zero-order valence-corrected chi connectivity index (χ0v) is 17.2. The maximum absolute atomic E-state index is 12.2. The molecule has 6 nitrogen and oxygen atoms in total. The number of amides is 1. The lowest BCUT2D eigenvalue weighted by atomic mass is 10.1. The number of carbonyl (C=O) groups excluding carboxylic acids is 1. The van der Waals surface area contributed by atoms with E-state index in [2.05, 4.69) is 22.1 Å². The van der Waals surface area contributed by atoms with Crippen molar-refractivity contribution in [3.05, 3.63) is 84.2 Å². The Hall–Kier alpha value is -3.06. The standard InChI is InChI=1S/C22H24N4O2S/c1-3-13-26-20(14-17-9-11-19(28-2)12-10-17)24-25-22(26)29-16-21(27)23-15-18-7-5-4-6-8-18/h3-12H,1,13-16H2,2H3,(H,23,27). The Bertz CT molecular complexity index is 939. The predicted octanol–water partition coefficient (Wildman–Crippen LogP) is 3.47. The molecule has 0 saturated heterocycles. The van der Waals surface area contributed by atoms with Gasteiger partial charge in [-0.1, -0.05) is 60.3 Å². The second kappa shape index (κ2) is 10.5. The lowest BCUT2D eigenvalue weighted by molar-refractivity contribution is -0.118. The van der Waals surface area contributed by atoms with E-state index in [1.165, 1.54) is 11.8 Å². The fourth-order valence-corrected chi connectivity index (χ4v) is 3.57. The summed E-state index contributed by atoms with van der Waals surface area (Å²) < 4.78 is 7.19. The summed E-state index contributed by atoms with van der Waals surface area (Å²) in [4.78, 5) is 12.2. The molecule has 0 spiro atoms. The third-order valence-corrected chi connectivity index (χ3v) is 5.26. The monoisotopic (exact) mass is 408 g/mol. The highest BCUT2D eigenvalue weighted by Gasteiger charge is 2.14. The van der Waals surface area contributed by atoms with E-state index in [1.807, 2.05) is 59.2 Å². The van der Waals surface area contributed by atoms with Crippen LogP contribution in [0.5, 0.6) is 5.75 Å². The number of methoxy groups -OCH3 is 1. The Kier molecular flexibility index (Phi) is 7.47. The molecule has 0 aliphatic rings. The number of carbonyl (C=O) groups is 1. The third-order valence-electron chi connectivity index (χ3n) is 4.29. The Morgan fingerprint density at radius 2 is 1.90 bits per heavy atom. The van der Waals surface area contributed by atoms with Gasteiger partial charge in [-0.15, -0.1) is 16.8 Å². The molecule has 0 aliphatic carbocycles. The summed E-state index contributed by atoms with van der Waals surface area (Å²) >= 11 is 1.38. The van der Waals surface area contributed by atoms with Crippen molar-refractivity contribution in [2.45, 2.75) is 24.7 Å². The quantitative estimate of drug-likeness (QED) is 0.411. The van der Waals surface area contributed by atoms with Crippen LogP contribution in [0.3, 0.4) is 0 Å². The van der Waals surface area contributed by atoms with E-state index >= 15 is 0 Å². The maximum Gasteiger partial charge on any atom is 0.230 e. The molecule has 1 amide bonds. The highest BCUT2D eigenvalue weighted by Crippen LogP contribution is 2.20. The average molecular weight is 409 g/mol. The van der Waals surface area contributed by atoms with E-state index in [-0.39, 0.29) is 11.7 Å². The molecular formula is C22H24N4O2S. The van der Waals surface area contributed by atoms with Gasteiger partial charge in [0.15, 0.2) is 5.16 Å². The fraction of sp³-hybridized carbons (Fsp3) is 0.227. The van der Waals surface area contributed by atoms with E-state index in [1.54, 1.807) is 13.2 Å². The highest BCUT2D eigenvalue weighted by molar-refractivity contribution is 7.99. The zero-order chi connectivity index (χ0) is 20.5. The highest BCUT2D eigenvalue weighted by atomic mass is 32.2. The van der Waals surface area contributed by atoms with Gasteiger partial charge in [0.25, 0.3) is 0 Å².